The summed E-state index contributed by atoms with van der Waals surface area (Å²) in [6, 6.07) is 12.0. The Morgan fingerprint density at radius 2 is 1.57 bits per heavy atom. The number of sulfonamides is 1. The first-order chi connectivity index (χ1) is 20.8. The van der Waals surface area contributed by atoms with Crippen LogP contribution in [-0.2, 0) is 10.0 Å². The Hall–Kier alpha value is -4.53. The number of fused-ring (bicyclic) bond motifs is 1. The van der Waals surface area contributed by atoms with Gasteiger partial charge in [-0.25, -0.2) is 30.3 Å². The van der Waals surface area contributed by atoms with E-state index in [1.54, 1.807) is 0 Å². The van der Waals surface area contributed by atoms with Crippen molar-refractivity contribution in [2.75, 3.05) is 37.6 Å². The Balaban J connectivity index is 2.02. The number of amides is 2. The third kappa shape index (κ3) is 6.23. The van der Waals surface area contributed by atoms with E-state index in [0.717, 1.165) is 24.3 Å². The maximum atomic E-state index is 14.3. The van der Waals surface area contributed by atoms with E-state index in [4.69, 9.17) is 4.42 Å². The minimum absolute atomic E-state index is 0.0254. The van der Waals surface area contributed by atoms with Crippen LogP contribution >= 0.6 is 0 Å². The minimum Gasteiger partial charge on any atom is -0.455 e. The summed E-state index contributed by atoms with van der Waals surface area (Å²) in [6.45, 7) is -8.24. The fourth-order valence-corrected chi connectivity index (χ4v) is 5.28. The van der Waals surface area contributed by atoms with Gasteiger partial charge in [-0.05, 0) is 48.0 Å². The van der Waals surface area contributed by atoms with Gasteiger partial charge in [0.15, 0.2) is 0 Å². The predicted molar refractivity (Wildman–Crippen MR) is 152 cm³/mol. The van der Waals surface area contributed by atoms with Gasteiger partial charge >= 0.3 is 6.55 Å². The molecule has 4 rings (SSSR count). The number of anilines is 1. The van der Waals surface area contributed by atoms with E-state index in [0.29, 0.717) is 6.26 Å². The zero-order valence-electron chi connectivity index (χ0n) is 23.1. The van der Waals surface area contributed by atoms with E-state index in [-0.39, 0.29) is 48.9 Å². The molecule has 0 aliphatic carbocycles. The van der Waals surface area contributed by atoms with Crippen LogP contribution < -0.4 is 14.9 Å². The molecule has 234 valence electrons. The van der Waals surface area contributed by atoms with Crippen LogP contribution in [0, 0.1) is 5.82 Å². The maximum Gasteiger partial charge on any atom is 0.327 e. The molecule has 0 saturated heterocycles. The maximum absolute atomic E-state index is 14.3. The summed E-state index contributed by atoms with van der Waals surface area (Å²) in [6.07, 6.45) is 0.545. The third-order valence-corrected chi connectivity index (χ3v) is 7.79. The van der Waals surface area contributed by atoms with Crippen molar-refractivity contribution in [2.24, 2.45) is 0 Å². The molecule has 0 aliphatic rings. The Morgan fingerprint density at radius 1 is 0.932 bits per heavy atom. The number of rotatable bonds is 11. The van der Waals surface area contributed by atoms with Crippen LogP contribution in [0.4, 0.5) is 32.0 Å². The van der Waals surface area contributed by atoms with Gasteiger partial charge in [-0.1, -0.05) is 12.1 Å². The van der Waals surface area contributed by atoms with Gasteiger partial charge in [-0.15, -0.1) is 0 Å². The first-order valence-corrected chi connectivity index (χ1v) is 14.6. The Kier molecular flexibility index (Phi) is 9.27. The van der Waals surface area contributed by atoms with Crippen molar-refractivity contribution >= 4 is 38.5 Å². The van der Waals surface area contributed by atoms with Gasteiger partial charge in [0.25, 0.3) is 11.8 Å². The lowest BCUT2D eigenvalue weighted by Crippen LogP contribution is -2.54. The zero-order valence-corrected chi connectivity index (χ0v) is 24.0. The molecule has 0 aliphatic heterocycles. The topological polar surface area (TPSA) is 109 Å². The summed E-state index contributed by atoms with van der Waals surface area (Å²) in [7, 11) is -3.32. The van der Waals surface area contributed by atoms with Crippen molar-refractivity contribution in [3.63, 3.8) is 0 Å². The number of hydrogen-bond donors (Lipinski definition) is 2. The second-order valence-electron chi connectivity index (χ2n) is 9.81. The van der Waals surface area contributed by atoms with Crippen molar-refractivity contribution in [3.8, 4) is 22.5 Å². The van der Waals surface area contributed by atoms with Crippen LogP contribution in [0.15, 0.2) is 65.1 Å². The summed E-state index contributed by atoms with van der Waals surface area (Å²) in [5.41, 5.74) is -3.54. The molecule has 8 nitrogen and oxygen atoms in total. The number of carbonyl (C=O) groups excluding carboxylic acids is 2. The standard InChI is InChI=1S/C29H25F6N3O5S/c1-36-27(40)24-21-11-20(17-4-3-5-18(10-17)26(39)37-29(13-30,14-31)15-32)22(38(28(34)35)44(2,41)42)12-23(21)43-25(24)16-6-8-19(33)9-7-16/h3-12,28H,13-15H2,1-2H3,(H,36,40)(H,37,39). The molecular weight excluding hydrogens is 616 g/mol. The Labute approximate surface area is 247 Å². The fourth-order valence-electron chi connectivity index (χ4n) is 4.48. The summed E-state index contributed by atoms with van der Waals surface area (Å²) in [4.78, 5) is 25.9. The minimum atomic E-state index is -4.64. The van der Waals surface area contributed by atoms with Crippen LogP contribution in [0.1, 0.15) is 20.7 Å². The number of carbonyl (C=O) groups is 2. The number of furan rings is 1. The van der Waals surface area contributed by atoms with E-state index in [1.165, 1.54) is 43.4 Å². The Morgan fingerprint density at radius 3 is 2.11 bits per heavy atom. The lowest BCUT2D eigenvalue weighted by atomic mass is 9.96. The second-order valence-corrected chi connectivity index (χ2v) is 11.7. The second kappa shape index (κ2) is 12.6. The average molecular weight is 642 g/mol. The van der Waals surface area contributed by atoms with Crippen molar-refractivity contribution in [2.45, 2.75) is 12.1 Å². The van der Waals surface area contributed by atoms with E-state index >= 15 is 0 Å². The van der Waals surface area contributed by atoms with Crippen molar-refractivity contribution in [1.29, 1.82) is 0 Å². The first kappa shape index (κ1) is 32.4. The lowest BCUT2D eigenvalue weighted by molar-refractivity contribution is 0.0810. The van der Waals surface area contributed by atoms with E-state index in [9.17, 15) is 44.3 Å². The molecule has 0 fully saturated rings. The van der Waals surface area contributed by atoms with Crippen LogP contribution in [0.25, 0.3) is 33.4 Å². The molecule has 0 bridgehead atoms. The molecular formula is C29H25F6N3O5S. The highest BCUT2D eigenvalue weighted by Crippen LogP contribution is 2.42. The summed E-state index contributed by atoms with van der Waals surface area (Å²) >= 11 is 0. The summed E-state index contributed by atoms with van der Waals surface area (Å²) in [5, 5.41) is 4.44. The highest BCUT2D eigenvalue weighted by Gasteiger charge is 2.34. The predicted octanol–water partition coefficient (Wildman–Crippen LogP) is 5.63. The van der Waals surface area contributed by atoms with E-state index < -0.39 is 65.5 Å². The molecule has 15 heteroatoms. The molecule has 0 atom stereocenters. The molecule has 4 aromatic rings. The number of alkyl halides is 5. The van der Waals surface area contributed by atoms with Gasteiger partial charge in [-0.2, -0.15) is 8.78 Å². The largest absolute Gasteiger partial charge is 0.455 e. The molecule has 0 unspecified atom stereocenters. The van der Waals surface area contributed by atoms with Gasteiger partial charge in [0, 0.05) is 35.2 Å². The summed E-state index contributed by atoms with van der Waals surface area (Å²) < 4.78 is 113. The lowest BCUT2D eigenvalue weighted by Gasteiger charge is -2.26. The monoisotopic (exact) mass is 641 g/mol. The molecule has 1 aromatic heterocycles. The molecule has 3 aromatic carbocycles. The van der Waals surface area contributed by atoms with E-state index in [2.05, 4.69) is 5.32 Å². The fraction of sp³-hybridized carbons (Fsp3) is 0.241. The molecule has 1 heterocycles. The Bertz CT molecular complexity index is 1800. The van der Waals surface area contributed by atoms with Gasteiger partial charge in [0.05, 0.1) is 17.5 Å². The number of nitrogens with zero attached hydrogens (tertiary/aromatic N) is 1. The van der Waals surface area contributed by atoms with Crippen LogP contribution in [0.5, 0.6) is 0 Å². The van der Waals surface area contributed by atoms with Crippen LogP contribution in [-0.4, -0.2) is 65.6 Å². The van der Waals surface area contributed by atoms with Crippen molar-refractivity contribution < 1.29 is 48.8 Å². The van der Waals surface area contributed by atoms with Crippen molar-refractivity contribution in [1.82, 2.24) is 10.6 Å². The van der Waals surface area contributed by atoms with E-state index in [1.807, 2.05) is 5.32 Å². The molecule has 2 amide bonds. The van der Waals surface area contributed by atoms with Gasteiger partial charge in [0.1, 0.15) is 42.7 Å². The number of nitrogens with one attached hydrogen (secondary N) is 2. The van der Waals surface area contributed by atoms with Gasteiger partial charge in [-0.3, -0.25) is 9.59 Å². The first-order valence-electron chi connectivity index (χ1n) is 12.8. The molecule has 0 saturated carbocycles. The quantitative estimate of drug-likeness (QED) is 0.163. The highest BCUT2D eigenvalue weighted by molar-refractivity contribution is 7.92. The number of benzene rings is 3. The van der Waals surface area contributed by atoms with Crippen LogP contribution in [0.2, 0.25) is 0 Å². The number of hydrogen-bond acceptors (Lipinski definition) is 5. The molecule has 44 heavy (non-hydrogen) atoms. The average Bonchev–Trinajstić information content (AvgIpc) is 3.37. The highest BCUT2D eigenvalue weighted by atomic mass is 32.2. The number of halogens is 6. The van der Waals surface area contributed by atoms with Gasteiger partial charge < -0.3 is 15.1 Å². The normalized spacial score (nSPS) is 12.0. The molecule has 2 N–H and O–H groups in total. The summed E-state index contributed by atoms with van der Waals surface area (Å²) in [5.74, 6) is -2.42. The smallest absolute Gasteiger partial charge is 0.327 e. The van der Waals surface area contributed by atoms with Crippen LogP contribution in [0.3, 0.4) is 0 Å². The SMILES string of the molecule is CNC(=O)c1c(-c2ccc(F)cc2)oc2cc(N(C(F)F)S(C)(=O)=O)c(-c3cccc(C(=O)NC(CF)(CF)CF)c3)cc12. The molecule has 0 spiro atoms. The molecule has 0 radical (unpaired) electrons. The third-order valence-electron chi connectivity index (χ3n) is 6.72. The van der Waals surface area contributed by atoms with Crippen molar-refractivity contribution in [3.05, 3.63) is 77.6 Å². The van der Waals surface area contributed by atoms with Gasteiger partial charge in [0.2, 0.25) is 10.0 Å². The zero-order chi connectivity index (χ0) is 32.4.